The Kier molecular flexibility index (Phi) is 7.27. The van der Waals surface area contributed by atoms with Crippen molar-refractivity contribution >= 4 is 23.3 Å². The third kappa shape index (κ3) is 4.13. The van der Waals surface area contributed by atoms with Crippen LogP contribution in [0.3, 0.4) is 0 Å². The van der Waals surface area contributed by atoms with Gasteiger partial charge < -0.3 is 0 Å². The Hall–Kier alpha value is -1.54. The van der Waals surface area contributed by atoms with Crippen LogP contribution in [0, 0.1) is 0 Å². The van der Waals surface area contributed by atoms with Crippen molar-refractivity contribution < 1.29 is 22.6 Å². The fraction of sp³-hybridized carbons (Fsp3) is 0.357. The van der Waals surface area contributed by atoms with Crippen LogP contribution < -0.4 is 0 Å². The van der Waals surface area contributed by atoms with Crippen molar-refractivity contribution in [3.8, 4) is 0 Å². The molecule has 1 atom stereocenters. The third-order valence-electron chi connectivity index (χ3n) is 6.68. The number of ether oxygens (including phenoxy) is 1. The number of rotatable bonds is 9. The van der Waals surface area contributed by atoms with Crippen molar-refractivity contribution in [2.24, 2.45) is 0 Å². The molecule has 0 N–H and O–H groups in total. The fourth-order valence-electron chi connectivity index (χ4n) is 5.14. The first kappa shape index (κ1) is 22.7. The Balaban J connectivity index is 1.95. The van der Waals surface area contributed by atoms with Crippen LogP contribution in [-0.4, -0.2) is 7.11 Å². The van der Waals surface area contributed by atoms with E-state index in [4.69, 9.17) is 16.3 Å². The number of methoxy groups -OCH3 is 1. The first-order valence-electron chi connectivity index (χ1n) is 11.6. The summed E-state index contributed by atoms with van der Waals surface area (Å²) in [6, 6.07) is 17.5. The first-order chi connectivity index (χ1) is 15.2. The van der Waals surface area contributed by atoms with E-state index in [-0.39, 0.29) is 3.72 Å². The quantitative estimate of drug-likeness (QED) is 0.335. The second kappa shape index (κ2) is 9.94. The van der Waals surface area contributed by atoms with Crippen molar-refractivity contribution in [1.29, 1.82) is 0 Å². The van der Waals surface area contributed by atoms with Gasteiger partial charge in [0.15, 0.2) is 0 Å². The topological polar surface area (TPSA) is 9.23 Å². The molecule has 1 unspecified atom stereocenters. The monoisotopic (exact) mass is 467 g/mol. The molecule has 0 bridgehead atoms. The molecule has 0 heterocycles. The molecule has 3 heteroatoms. The summed E-state index contributed by atoms with van der Waals surface area (Å²) < 4.78 is 8.69. The van der Waals surface area contributed by atoms with Crippen molar-refractivity contribution in [2.45, 2.75) is 52.7 Å². The zero-order valence-electron chi connectivity index (χ0n) is 18.9. The summed E-state index contributed by atoms with van der Waals surface area (Å²) in [5, 5.41) is 0.792. The summed E-state index contributed by atoms with van der Waals surface area (Å²) in [5.41, 5.74) is 6.64. The van der Waals surface area contributed by atoms with E-state index in [1.807, 2.05) is 6.07 Å². The summed E-state index contributed by atoms with van der Waals surface area (Å²) in [5.74, 6) is 0.974. The summed E-state index contributed by atoms with van der Waals surface area (Å²) >= 11 is 4.79. The molecular weight excluding hydrogens is 436 g/mol. The van der Waals surface area contributed by atoms with Gasteiger partial charge in [0.25, 0.3) is 0 Å². The van der Waals surface area contributed by atoms with E-state index >= 15 is 0 Å². The van der Waals surface area contributed by atoms with Gasteiger partial charge in [-0.15, -0.1) is 0 Å². The Morgan fingerprint density at radius 3 is 2.32 bits per heavy atom. The van der Waals surface area contributed by atoms with Crippen molar-refractivity contribution in [1.82, 2.24) is 0 Å². The molecule has 0 aromatic heterocycles. The molecule has 2 aliphatic rings. The molecule has 31 heavy (non-hydrogen) atoms. The summed E-state index contributed by atoms with van der Waals surface area (Å²) in [6.07, 6.45) is 12.3. The Morgan fingerprint density at radius 1 is 0.968 bits per heavy atom. The number of allylic oxidation sites excluding steroid dienone is 4. The van der Waals surface area contributed by atoms with Crippen LogP contribution in [0.5, 0.6) is 0 Å². The number of hydrogen-bond donors (Lipinski definition) is 0. The van der Waals surface area contributed by atoms with Crippen molar-refractivity contribution in [3.63, 3.8) is 0 Å². The van der Waals surface area contributed by atoms with Crippen LogP contribution in [0.1, 0.15) is 56.2 Å². The predicted octanol–water partition coefficient (Wildman–Crippen LogP) is 8.61. The van der Waals surface area contributed by atoms with E-state index in [1.54, 1.807) is 7.11 Å². The number of unbranched alkanes of at least 4 members (excludes halogenated alkanes) is 2. The van der Waals surface area contributed by atoms with E-state index in [1.165, 1.54) is 63.0 Å². The van der Waals surface area contributed by atoms with Gasteiger partial charge in [0.1, 0.15) is 0 Å². The normalized spacial score (nSPS) is 19.2. The van der Waals surface area contributed by atoms with Gasteiger partial charge in [-0.2, -0.15) is 0 Å². The van der Waals surface area contributed by atoms with Gasteiger partial charge in [-0.05, 0) is 0 Å². The van der Waals surface area contributed by atoms with Gasteiger partial charge in [0.2, 0.25) is 0 Å². The molecule has 0 radical (unpaired) electrons. The van der Waals surface area contributed by atoms with Crippen LogP contribution in [0.4, 0.5) is 0 Å². The second-order valence-corrected chi connectivity index (χ2v) is 13.7. The van der Waals surface area contributed by atoms with Gasteiger partial charge in [-0.1, -0.05) is 0 Å². The molecule has 0 saturated carbocycles. The van der Waals surface area contributed by atoms with E-state index < -0.39 is 17.9 Å². The molecule has 0 amide bonds. The Morgan fingerprint density at radius 2 is 1.68 bits per heavy atom. The zero-order chi connectivity index (χ0) is 21.8. The molecule has 0 aliphatic heterocycles. The average molecular weight is 468 g/mol. The number of halogens is 1. The molecule has 0 fully saturated rings. The second-order valence-electron chi connectivity index (χ2n) is 8.55. The summed E-state index contributed by atoms with van der Waals surface area (Å²) in [6.45, 7) is 4.64. The van der Waals surface area contributed by atoms with E-state index in [9.17, 15) is 0 Å². The molecule has 2 aromatic rings. The zero-order valence-corrected chi connectivity index (χ0v) is 21.2. The van der Waals surface area contributed by atoms with Crippen molar-refractivity contribution in [3.05, 3.63) is 93.7 Å². The SMILES string of the molecule is CCC[CH2][Ti]([CH2]CCC)[C]1(c2ccccc2)C=CC(OC)=C2C1=Cc1cc(Cl)ccc12. The van der Waals surface area contributed by atoms with E-state index in [0.717, 1.165) is 10.8 Å². The van der Waals surface area contributed by atoms with E-state index in [2.05, 4.69) is 74.5 Å². The van der Waals surface area contributed by atoms with Gasteiger partial charge in [-0.3, -0.25) is 0 Å². The molecule has 2 aliphatic carbocycles. The molecule has 4 rings (SSSR count). The fourth-order valence-corrected chi connectivity index (χ4v) is 11.7. The van der Waals surface area contributed by atoms with Gasteiger partial charge >= 0.3 is 199 Å². The molecule has 0 saturated heterocycles. The van der Waals surface area contributed by atoms with Gasteiger partial charge in [0, 0.05) is 0 Å². The van der Waals surface area contributed by atoms with Crippen molar-refractivity contribution in [2.75, 3.05) is 7.11 Å². The maximum atomic E-state index is 6.40. The molecule has 2 aromatic carbocycles. The molecule has 0 spiro atoms. The summed E-state index contributed by atoms with van der Waals surface area (Å²) in [4.78, 5) is 0. The Labute approximate surface area is 198 Å². The molecular formula is C28H32ClOTi. The number of hydrogen-bond acceptors (Lipinski definition) is 1. The third-order valence-corrected chi connectivity index (χ3v) is 12.8. The van der Waals surface area contributed by atoms with Crippen LogP contribution in [0.2, 0.25) is 14.5 Å². The number of fused-ring (bicyclic) bond motifs is 3. The maximum absolute atomic E-state index is 6.40. The van der Waals surface area contributed by atoms with E-state index in [0.29, 0.717) is 0 Å². The molecule has 1 nitrogen and oxygen atoms in total. The van der Waals surface area contributed by atoms with Crippen LogP contribution in [0.25, 0.3) is 11.6 Å². The van der Waals surface area contributed by atoms with Gasteiger partial charge in [-0.25, -0.2) is 0 Å². The minimum atomic E-state index is -1.60. The predicted molar refractivity (Wildman–Crippen MR) is 130 cm³/mol. The van der Waals surface area contributed by atoms with Crippen LogP contribution >= 0.6 is 11.6 Å². The van der Waals surface area contributed by atoms with Crippen LogP contribution in [0.15, 0.2) is 72.0 Å². The van der Waals surface area contributed by atoms with Crippen LogP contribution in [-0.2, 0) is 26.3 Å². The van der Waals surface area contributed by atoms with Gasteiger partial charge in [0.05, 0.1) is 0 Å². The average Bonchev–Trinajstić information content (AvgIpc) is 3.18. The minimum absolute atomic E-state index is 0.00839. The Bertz CT molecular complexity index is 1010. The molecule has 161 valence electrons. The number of benzene rings is 2. The first-order valence-corrected chi connectivity index (χ1v) is 14.9. The summed E-state index contributed by atoms with van der Waals surface area (Å²) in [7, 11) is 1.79. The standard InChI is InChI=1S/C20H14ClO.2C4H9.Ti/c1-22-19-10-9-16(13-5-3-2-4-6-13)18-12-14-11-15(21)7-8-17(14)20(18)19;2*1-3-4-2;/h2-12H,1H3;2*1,3-4H2,2H3;.